The second kappa shape index (κ2) is 6.54. The van der Waals surface area contributed by atoms with E-state index in [1.165, 1.54) is 11.1 Å². The van der Waals surface area contributed by atoms with Crippen LogP contribution in [0.4, 0.5) is 11.5 Å². The van der Waals surface area contributed by atoms with Crippen molar-refractivity contribution in [2.75, 3.05) is 11.4 Å². The summed E-state index contributed by atoms with van der Waals surface area (Å²) in [6.45, 7) is 9.35. The van der Waals surface area contributed by atoms with E-state index in [0.29, 0.717) is 6.04 Å². The molecule has 0 N–H and O–H groups in total. The van der Waals surface area contributed by atoms with Gasteiger partial charge >= 0.3 is 0 Å². The number of aryl methyl sites for hydroxylation is 2. The zero-order valence-electron chi connectivity index (χ0n) is 15.8. The van der Waals surface area contributed by atoms with Gasteiger partial charge in [0.25, 0.3) is 0 Å². The van der Waals surface area contributed by atoms with Crippen LogP contribution in [0.3, 0.4) is 0 Å². The van der Waals surface area contributed by atoms with Crippen LogP contribution in [0.5, 0.6) is 0 Å². The molecule has 0 saturated carbocycles. The van der Waals surface area contributed by atoms with Crippen LogP contribution in [0.15, 0.2) is 18.2 Å². The van der Waals surface area contributed by atoms with Crippen LogP contribution in [0.1, 0.15) is 49.6 Å². The fourth-order valence-corrected chi connectivity index (χ4v) is 4.39. The maximum atomic E-state index is 6.60. The van der Waals surface area contributed by atoms with E-state index >= 15 is 0 Å². The summed E-state index contributed by atoms with van der Waals surface area (Å²) < 4.78 is 2.06. The van der Waals surface area contributed by atoms with E-state index < -0.39 is 0 Å². The van der Waals surface area contributed by atoms with E-state index in [2.05, 4.69) is 52.8 Å². The summed E-state index contributed by atoms with van der Waals surface area (Å²) in [5.74, 6) is 0.863. The average Bonchev–Trinajstić information content (AvgIpc) is 3.20. The Labute approximate surface area is 159 Å². The summed E-state index contributed by atoms with van der Waals surface area (Å²) in [7, 11) is 0. The molecule has 136 valence electrons. The normalized spacial score (nSPS) is 13.8. The molecule has 0 saturated heterocycles. The lowest BCUT2D eigenvalue weighted by Gasteiger charge is -2.21. The van der Waals surface area contributed by atoms with Crippen LogP contribution in [-0.4, -0.2) is 26.5 Å². The molecule has 0 amide bonds. The molecule has 1 aliphatic rings. The fraction of sp³-hybridized carbons (Fsp3) is 0.450. The fourth-order valence-electron chi connectivity index (χ4n) is 3.99. The van der Waals surface area contributed by atoms with E-state index in [9.17, 15) is 0 Å². The van der Waals surface area contributed by atoms with Crippen LogP contribution < -0.4 is 4.90 Å². The van der Waals surface area contributed by atoms with E-state index in [4.69, 9.17) is 16.6 Å². The number of aromatic nitrogens is 4. The van der Waals surface area contributed by atoms with E-state index in [1.807, 2.05) is 13.0 Å². The molecule has 5 nitrogen and oxygen atoms in total. The smallest absolute Gasteiger partial charge is 0.163 e. The minimum Gasteiger partial charge on any atom is -0.323 e. The monoisotopic (exact) mass is 369 g/mol. The zero-order valence-corrected chi connectivity index (χ0v) is 16.5. The highest BCUT2D eigenvalue weighted by atomic mass is 35.5. The predicted molar refractivity (Wildman–Crippen MR) is 107 cm³/mol. The van der Waals surface area contributed by atoms with Crippen molar-refractivity contribution in [2.24, 2.45) is 0 Å². The van der Waals surface area contributed by atoms with Gasteiger partial charge in [-0.1, -0.05) is 36.7 Å². The molecule has 0 radical (unpaired) electrons. The molecule has 0 unspecified atom stereocenters. The molecular formula is C20H24ClN5. The number of hydrogen-bond donors (Lipinski definition) is 0. The molecule has 1 aromatic carbocycles. The number of anilines is 2. The van der Waals surface area contributed by atoms with Gasteiger partial charge in [-0.2, -0.15) is 0 Å². The first-order valence-electron chi connectivity index (χ1n) is 9.32. The number of pyridine rings is 1. The summed E-state index contributed by atoms with van der Waals surface area (Å²) in [6, 6.07) is 6.68. The number of rotatable bonds is 4. The molecule has 0 bridgehead atoms. The topological polar surface area (TPSA) is 46.8 Å². The van der Waals surface area contributed by atoms with Gasteiger partial charge in [0.15, 0.2) is 11.3 Å². The third-order valence-electron chi connectivity index (χ3n) is 5.28. The van der Waals surface area contributed by atoms with Gasteiger partial charge in [0.05, 0.1) is 22.3 Å². The van der Waals surface area contributed by atoms with Crippen molar-refractivity contribution in [3.8, 4) is 0 Å². The standard InChI is InChI=1S/C20H24ClN5/c1-5-15(6-2)26-17-11-13(4)22-20(18(17)23-24-26)25-8-7-14-9-12(3)10-16(21)19(14)25/h9-11,15H,5-8H2,1-4H3. The maximum Gasteiger partial charge on any atom is 0.163 e. The Balaban J connectivity index is 1.90. The van der Waals surface area contributed by atoms with E-state index in [1.54, 1.807) is 0 Å². The number of nitrogens with zero attached hydrogens (tertiary/aromatic N) is 5. The van der Waals surface area contributed by atoms with Gasteiger partial charge in [0.2, 0.25) is 0 Å². The maximum absolute atomic E-state index is 6.60. The molecule has 26 heavy (non-hydrogen) atoms. The van der Waals surface area contributed by atoms with Gasteiger partial charge in [-0.25, -0.2) is 9.67 Å². The summed E-state index contributed by atoms with van der Waals surface area (Å²) in [5, 5.41) is 9.76. The van der Waals surface area contributed by atoms with Crippen molar-refractivity contribution in [1.82, 2.24) is 20.0 Å². The van der Waals surface area contributed by atoms with Crippen molar-refractivity contribution < 1.29 is 0 Å². The van der Waals surface area contributed by atoms with E-state index in [-0.39, 0.29) is 0 Å². The van der Waals surface area contributed by atoms with Gasteiger partial charge in [0, 0.05) is 12.2 Å². The molecule has 3 heterocycles. The highest BCUT2D eigenvalue weighted by Crippen LogP contribution is 2.42. The molecule has 4 rings (SSSR count). The van der Waals surface area contributed by atoms with Crippen LogP contribution in [0, 0.1) is 13.8 Å². The molecule has 1 aliphatic heterocycles. The highest BCUT2D eigenvalue weighted by Gasteiger charge is 2.28. The Morgan fingerprint density at radius 3 is 2.65 bits per heavy atom. The molecule has 0 atom stereocenters. The Bertz CT molecular complexity index is 974. The molecule has 0 fully saturated rings. The van der Waals surface area contributed by atoms with Gasteiger partial charge in [0.1, 0.15) is 0 Å². The first kappa shape index (κ1) is 17.3. The molecule has 0 spiro atoms. The Hall–Kier alpha value is -2.14. The minimum absolute atomic E-state index is 0.353. The third-order valence-corrected chi connectivity index (χ3v) is 5.56. The van der Waals surface area contributed by atoms with Crippen molar-refractivity contribution in [3.05, 3.63) is 40.0 Å². The Morgan fingerprint density at radius 1 is 1.15 bits per heavy atom. The summed E-state index contributed by atoms with van der Waals surface area (Å²) in [6.07, 6.45) is 3.03. The van der Waals surface area contributed by atoms with Crippen LogP contribution in [-0.2, 0) is 6.42 Å². The Morgan fingerprint density at radius 2 is 1.92 bits per heavy atom. The minimum atomic E-state index is 0.353. The third kappa shape index (κ3) is 2.65. The van der Waals surface area contributed by atoms with Crippen molar-refractivity contribution in [2.45, 2.75) is 53.0 Å². The lowest BCUT2D eigenvalue weighted by molar-refractivity contribution is 0.430. The van der Waals surface area contributed by atoms with Gasteiger partial charge in [-0.05, 0) is 56.4 Å². The second-order valence-electron chi connectivity index (χ2n) is 7.12. The van der Waals surface area contributed by atoms with E-state index in [0.717, 1.165) is 59.1 Å². The SMILES string of the molecule is CCC(CC)n1nnc2c(N3CCc4cc(C)cc(Cl)c43)nc(C)cc21. The highest BCUT2D eigenvalue weighted by molar-refractivity contribution is 6.33. The molecule has 0 aliphatic carbocycles. The first-order valence-corrected chi connectivity index (χ1v) is 9.70. The number of hydrogen-bond acceptors (Lipinski definition) is 4. The molecular weight excluding hydrogens is 346 g/mol. The molecule has 3 aromatic rings. The van der Waals surface area contributed by atoms with Crippen molar-refractivity contribution >= 4 is 34.1 Å². The zero-order chi connectivity index (χ0) is 18.4. The van der Waals surface area contributed by atoms with Crippen LogP contribution in [0.25, 0.3) is 11.0 Å². The largest absolute Gasteiger partial charge is 0.323 e. The first-order chi connectivity index (χ1) is 12.5. The van der Waals surface area contributed by atoms with Gasteiger partial charge < -0.3 is 4.90 Å². The number of fused-ring (bicyclic) bond motifs is 2. The summed E-state index contributed by atoms with van der Waals surface area (Å²) >= 11 is 6.60. The number of halogens is 1. The molecule has 2 aromatic heterocycles. The lowest BCUT2D eigenvalue weighted by Crippen LogP contribution is -2.16. The summed E-state index contributed by atoms with van der Waals surface area (Å²) in [5.41, 5.74) is 6.41. The van der Waals surface area contributed by atoms with Gasteiger partial charge in [-0.3, -0.25) is 0 Å². The summed E-state index contributed by atoms with van der Waals surface area (Å²) in [4.78, 5) is 7.03. The second-order valence-corrected chi connectivity index (χ2v) is 7.52. The molecule has 6 heteroatoms. The van der Waals surface area contributed by atoms with Crippen molar-refractivity contribution in [3.63, 3.8) is 0 Å². The predicted octanol–water partition coefficient (Wildman–Crippen LogP) is 5.15. The van der Waals surface area contributed by atoms with Crippen LogP contribution in [0.2, 0.25) is 5.02 Å². The number of benzene rings is 1. The Kier molecular flexibility index (Phi) is 4.35. The quantitative estimate of drug-likeness (QED) is 0.637. The lowest BCUT2D eigenvalue weighted by atomic mass is 10.1. The van der Waals surface area contributed by atoms with Crippen LogP contribution >= 0.6 is 11.6 Å². The van der Waals surface area contributed by atoms with Crippen molar-refractivity contribution in [1.29, 1.82) is 0 Å². The average molecular weight is 370 g/mol. The van der Waals surface area contributed by atoms with Gasteiger partial charge in [-0.15, -0.1) is 5.10 Å².